The van der Waals surface area contributed by atoms with Crippen molar-refractivity contribution in [1.82, 2.24) is 4.72 Å². The zero-order valence-corrected chi connectivity index (χ0v) is 14.5. The van der Waals surface area contributed by atoms with Crippen LogP contribution in [-0.2, 0) is 20.2 Å². The van der Waals surface area contributed by atoms with E-state index in [0.29, 0.717) is 18.0 Å². The topological polar surface area (TPSA) is 55.4 Å². The first-order valence-electron chi connectivity index (χ1n) is 8.30. The molecule has 24 heavy (non-hydrogen) atoms. The molecule has 1 heterocycles. The van der Waals surface area contributed by atoms with Crippen LogP contribution in [0, 0.1) is 0 Å². The number of ether oxygens (including phenoxy) is 1. The van der Waals surface area contributed by atoms with Crippen molar-refractivity contribution in [3.8, 4) is 0 Å². The average molecular weight is 345 g/mol. The summed E-state index contributed by atoms with van der Waals surface area (Å²) in [7, 11) is -3.51. The molecule has 128 valence electrons. The molecule has 5 heteroatoms. The maximum atomic E-state index is 12.6. The summed E-state index contributed by atoms with van der Waals surface area (Å²) in [6.07, 6.45) is 2.66. The summed E-state index contributed by atoms with van der Waals surface area (Å²) in [4.78, 5) is 0.304. The van der Waals surface area contributed by atoms with Crippen LogP contribution in [0.15, 0.2) is 65.6 Å². The van der Waals surface area contributed by atoms with E-state index in [-0.39, 0.29) is 5.41 Å². The quantitative estimate of drug-likeness (QED) is 0.906. The second-order valence-electron chi connectivity index (χ2n) is 6.25. The lowest BCUT2D eigenvalue weighted by atomic mass is 9.75. The molecule has 2 aromatic carbocycles. The fourth-order valence-electron chi connectivity index (χ4n) is 3.28. The predicted molar refractivity (Wildman–Crippen MR) is 94.4 cm³/mol. The molecular weight excluding hydrogens is 322 g/mol. The van der Waals surface area contributed by atoms with Crippen molar-refractivity contribution in [2.24, 2.45) is 0 Å². The van der Waals surface area contributed by atoms with Gasteiger partial charge in [0, 0.05) is 25.2 Å². The minimum absolute atomic E-state index is 0.223. The Bertz CT molecular complexity index is 737. The molecule has 1 atom stereocenters. The summed E-state index contributed by atoms with van der Waals surface area (Å²) in [6, 6.07) is 18.7. The van der Waals surface area contributed by atoms with Crippen LogP contribution in [0.4, 0.5) is 0 Å². The molecular formula is C19H23NO3S. The smallest absolute Gasteiger partial charge is 0.240 e. The Morgan fingerprint density at radius 3 is 2.29 bits per heavy atom. The van der Waals surface area contributed by atoms with Gasteiger partial charge in [0.15, 0.2) is 0 Å². The molecule has 4 nitrogen and oxygen atoms in total. The summed E-state index contributed by atoms with van der Waals surface area (Å²) in [5, 5.41) is 0. The summed E-state index contributed by atoms with van der Waals surface area (Å²) in [5.41, 5.74) is 0.950. The van der Waals surface area contributed by atoms with Crippen molar-refractivity contribution in [1.29, 1.82) is 0 Å². The Morgan fingerprint density at radius 2 is 1.58 bits per heavy atom. The summed E-state index contributed by atoms with van der Waals surface area (Å²) in [6.45, 7) is 1.78. The lowest BCUT2D eigenvalue weighted by molar-refractivity contribution is 0.139. The molecule has 0 unspecified atom stereocenters. The standard InChI is InChI=1S/C19H23NO3S/c21-24(22,18-10-5-2-6-11-18)20-16-19(12-7-14-23-15-13-19)17-8-3-1-4-9-17/h1-6,8-11,20H,7,12-16H2/t19-/m0/s1. The first kappa shape index (κ1) is 17.1. The largest absolute Gasteiger partial charge is 0.381 e. The van der Waals surface area contributed by atoms with Gasteiger partial charge in [0.2, 0.25) is 10.0 Å². The summed E-state index contributed by atoms with van der Waals surface area (Å²) in [5.74, 6) is 0. The van der Waals surface area contributed by atoms with E-state index in [1.807, 2.05) is 24.3 Å². The fourth-order valence-corrected chi connectivity index (χ4v) is 4.43. The first-order chi connectivity index (χ1) is 11.6. The van der Waals surface area contributed by atoms with Gasteiger partial charge in [-0.2, -0.15) is 0 Å². The molecule has 1 N–H and O–H groups in total. The number of hydrogen-bond acceptors (Lipinski definition) is 3. The fraction of sp³-hybridized carbons (Fsp3) is 0.368. The lowest BCUT2D eigenvalue weighted by Crippen LogP contribution is -2.41. The van der Waals surface area contributed by atoms with Crippen molar-refractivity contribution in [2.75, 3.05) is 19.8 Å². The van der Waals surface area contributed by atoms with E-state index in [1.165, 1.54) is 5.56 Å². The number of rotatable bonds is 5. The minimum atomic E-state index is -3.51. The van der Waals surface area contributed by atoms with Gasteiger partial charge in [0.25, 0.3) is 0 Å². The molecule has 0 aromatic heterocycles. The van der Waals surface area contributed by atoms with E-state index < -0.39 is 10.0 Å². The van der Waals surface area contributed by atoms with E-state index in [4.69, 9.17) is 4.74 Å². The highest BCUT2D eigenvalue weighted by Gasteiger charge is 2.34. The van der Waals surface area contributed by atoms with Crippen LogP contribution in [0.2, 0.25) is 0 Å². The third kappa shape index (κ3) is 3.86. The molecule has 0 saturated carbocycles. The first-order valence-corrected chi connectivity index (χ1v) is 9.79. The van der Waals surface area contributed by atoms with Gasteiger partial charge in [-0.3, -0.25) is 0 Å². The molecule has 0 spiro atoms. The highest BCUT2D eigenvalue weighted by Crippen LogP contribution is 2.34. The Morgan fingerprint density at radius 1 is 0.917 bits per heavy atom. The second-order valence-corrected chi connectivity index (χ2v) is 8.02. The number of nitrogens with one attached hydrogen (secondary N) is 1. The number of sulfonamides is 1. The molecule has 1 saturated heterocycles. The molecule has 1 aliphatic heterocycles. The molecule has 1 aliphatic rings. The Hall–Kier alpha value is -1.69. The van der Waals surface area contributed by atoms with Crippen LogP contribution in [0.5, 0.6) is 0 Å². The second kappa shape index (κ2) is 7.47. The molecule has 3 rings (SSSR count). The third-order valence-corrected chi connectivity index (χ3v) is 6.13. The van der Waals surface area contributed by atoms with Crippen molar-refractivity contribution >= 4 is 10.0 Å². The summed E-state index contributed by atoms with van der Waals surface area (Å²) < 4.78 is 33.6. The van der Waals surface area contributed by atoms with Gasteiger partial charge >= 0.3 is 0 Å². The van der Waals surface area contributed by atoms with Crippen molar-refractivity contribution in [3.05, 3.63) is 66.2 Å². The van der Waals surface area contributed by atoms with Crippen LogP contribution < -0.4 is 4.72 Å². The van der Waals surface area contributed by atoms with Gasteiger partial charge in [-0.05, 0) is 37.0 Å². The average Bonchev–Trinajstić information content (AvgIpc) is 2.88. The molecule has 0 bridgehead atoms. The van der Waals surface area contributed by atoms with E-state index in [9.17, 15) is 8.42 Å². The highest BCUT2D eigenvalue weighted by atomic mass is 32.2. The Labute approximate surface area is 143 Å². The normalized spacial score (nSPS) is 22.0. The Balaban J connectivity index is 1.85. The number of hydrogen-bond donors (Lipinski definition) is 1. The lowest BCUT2D eigenvalue weighted by Gasteiger charge is -2.33. The maximum Gasteiger partial charge on any atom is 0.240 e. The summed E-state index contributed by atoms with van der Waals surface area (Å²) >= 11 is 0. The van der Waals surface area contributed by atoms with Crippen LogP contribution in [0.1, 0.15) is 24.8 Å². The minimum Gasteiger partial charge on any atom is -0.381 e. The maximum absolute atomic E-state index is 12.6. The van der Waals surface area contributed by atoms with E-state index in [2.05, 4.69) is 16.9 Å². The van der Waals surface area contributed by atoms with Crippen LogP contribution in [0.25, 0.3) is 0 Å². The molecule has 0 amide bonds. The van der Waals surface area contributed by atoms with Gasteiger partial charge in [0.1, 0.15) is 0 Å². The van der Waals surface area contributed by atoms with Gasteiger partial charge in [-0.1, -0.05) is 48.5 Å². The number of benzene rings is 2. The van der Waals surface area contributed by atoms with Gasteiger partial charge in [0.05, 0.1) is 4.90 Å². The van der Waals surface area contributed by atoms with E-state index in [0.717, 1.165) is 25.9 Å². The van der Waals surface area contributed by atoms with Crippen LogP contribution in [0.3, 0.4) is 0 Å². The van der Waals surface area contributed by atoms with Gasteiger partial charge in [-0.25, -0.2) is 13.1 Å². The third-order valence-electron chi connectivity index (χ3n) is 4.71. The van der Waals surface area contributed by atoms with Crippen molar-refractivity contribution in [3.63, 3.8) is 0 Å². The van der Waals surface area contributed by atoms with Crippen molar-refractivity contribution in [2.45, 2.75) is 29.6 Å². The Kier molecular flexibility index (Phi) is 5.33. The molecule has 2 aromatic rings. The molecule has 0 radical (unpaired) electrons. The predicted octanol–water partition coefficient (Wildman–Crippen LogP) is 3.10. The van der Waals surface area contributed by atoms with E-state index in [1.54, 1.807) is 24.3 Å². The molecule has 1 fully saturated rings. The SMILES string of the molecule is O=S(=O)(NC[C@]1(c2ccccc2)CCCOCC1)c1ccccc1. The monoisotopic (exact) mass is 345 g/mol. The van der Waals surface area contributed by atoms with Gasteiger partial charge < -0.3 is 4.74 Å². The zero-order valence-electron chi connectivity index (χ0n) is 13.6. The van der Waals surface area contributed by atoms with Gasteiger partial charge in [-0.15, -0.1) is 0 Å². The van der Waals surface area contributed by atoms with Crippen molar-refractivity contribution < 1.29 is 13.2 Å². The molecule has 0 aliphatic carbocycles. The van der Waals surface area contributed by atoms with E-state index >= 15 is 0 Å². The van der Waals surface area contributed by atoms with Crippen LogP contribution >= 0.6 is 0 Å². The zero-order chi connectivity index (χ0) is 16.9. The van der Waals surface area contributed by atoms with Crippen LogP contribution in [-0.4, -0.2) is 28.2 Å². The highest BCUT2D eigenvalue weighted by molar-refractivity contribution is 7.89.